The van der Waals surface area contributed by atoms with Crippen LogP contribution in [0, 0.1) is 36.0 Å². The number of rotatable bonds is 2. The number of hydrogen-bond donors (Lipinski definition) is 2. The van der Waals surface area contributed by atoms with E-state index in [-0.39, 0.29) is 11.9 Å². The number of carbonyl (C=O) groups excluding carboxylic acids is 1. The van der Waals surface area contributed by atoms with Crippen molar-refractivity contribution >= 4 is 16.8 Å². The second-order valence-corrected chi connectivity index (χ2v) is 8.21. The molecule has 0 spiro atoms. The third kappa shape index (κ3) is 2.17. The van der Waals surface area contributed by atoms with Crippen LogP contribution in [0.4, 0.5) is 4.39 Å². The maximum Gasteiger partial charge on any atom is 0.267 e. The van der Waals surface area contributed by atoms with Gasteiger partial charge in [-0.2, -0.15) is 4.39 Å². The topological polar surface area (TPSA) is 57.8 Å². The van der Waals surface area contributed by atoms with Gasteiger partial charge >= 0.3 is 0 Å². The third-order valence-corrected chi connectivity index (χ3v) is 6.67. The van der Waals surface area contributed by atoms with E-state index in [4.69, 9.17) is 0 Å². The molecule has 2 bridgehead atoms. The van der Waals surface area contributed by atoms with Crippen molar-refractivity contribution in [2.24, 2.45) is 23.2 Å². The molecule has 0 aliphatic heterocycles. The predicted molar refractivity (Wildman–Crippen MR) is 91.2 cm³/mol. The van der Waals surface area contributed by atoms with E-state index < -0.39 is 5.95 Å². The molecule has 5 rings (SSSR count). The number of hydrogen-bond acceptors (Lipinski definition) is 2. The SMILES string of the molecule is Cc1nc(F)cc2cc(C(=O)N[C@H]3C[C@H]4C[C@@H]([C@@H]3C)C4(C)C)[nH]c12. The minimum Gasteiger partial charge on any atom is -0.349 e. The average molecular weight is 329 g/mol. The molecule has 4 atom stereocenters. The van der Waals surface area contributed by atoms with Gasteiger partial charge in [0.05, 0.1) is 11.2 Å². The molecule has 1 amide bonds. The van der Waals surface area contributed by atoms with Crippen LogP contribution in [0.25, 0.3) is 10.9 Å². The smallest absolute Gasteiger partial charge is 0.267 e. The van der Waals surface area contributed by atoms with Gasteiger partial charge in [0.15, 0.2) is 0 Å². The number of carbonyl (C=O) groups is 1. The normalized spacial score (nSPS) is 30.9. The van der Waals surface area contributed by atoms with Gasteiger partial charge in [-0.3, -0.25) is 4.79 Å². The lowest BCUT2D eigenvalue weighted by Gasteiger charge is -2.62. The van der Waals surface area contributed by atoms with E-state index >= 15 is 0 Å². The summed E-state index contributed by atoms with van der Waals surface area (Å²) < 4.78 is 13.4. The Morgan fingerprint density at radius 2 is 2.12 bits per heavy atom. The molecule has 4 nitrogen and oxygen atoms in total. The van der Waals surface area contributed by atoms with Gasteiger partial charge in [-0.1, -0.05) is 20.8 Å². The predicted octanol–water partition coefficient (Wildman–Crippen LogP) is 3.81. The van der Waals surface area contributed by atoms with Gasteiger partial charge in [0.1, 0.15) is 5.69 Å². The monoisotopic (exact) mass is 329 g/mol. The molecule has 3 aliphatic rings. The van der Waals surface area contributed by atoms with Crippen LogP contribution in [-0.2, 0) is 0 Å². The minimum absolute atomic E-state index is 0.109. The summed E-state index contributed by atoms with van der Waals surface area (Å²) in [4.78, 5) is 19.5. The first-order valence-electron chi connectivity index (χ1n) is 8.74. The lowest BCUT2D eigenvalue weighted by molar-refractivity contribution is -0.113. The molecule has 24 heavy (non-hydrogen) atoms. The highest BCUT2D eigenvalue weighted by molar-refractivity contribution is 5.98. The number of pyridine rings is 1. The van der Waals surface area contributed by atoms with Crippen molar-refractivity contribution in [3.63, 3.8) is 0 Å². The highest BCUT2D eigenvalue weighted by atomic mass is 19.1. The van der Waals surface area contributed by atoms with E-state index in [1.54, 1.807) is 13.0 Å². The van der Waals surface area contributed by atoms with E-state index in [0.29, 0.717) is 39.9 Å². The fraction of sp³-hybridized carbons (Fsp3) is 0.579. The number of aryl methyl sites for hydroxylation is 1. The first-order valence-corrected chi connectivity index (χ1v) is 8.74. The summed E-state index contributed by atoms with van der Waals surface area (Å²) in [5.41, 5.74) is 2.17. The number of fused-ring (bicyclic) bond motifs is 3. The van der Waals surface area contributed by atoms with Crippen molar-refractivity contribution in [1.29, 1.82) is 0 Å². The van der Waals surface area contributed by atoms with Gasteiger partial charge < -0.3 is 10.3 Å². The van der Waals surface area contributed by atoms with Gasteiger partial charge in [0.25, 0.3) is 5.91 Å². The third-order valence-electron chi connectivity index (χ3n) is 6.67. The Morgan fingerprint density at radius 3 is 2.79 bits per heavy atom. The number of halogens is 1. The lowest BCUT2D eigenvalue weighted by Crippen LogP contribution is -2.60. The summed E-state index contributed by atoms with van der Waals surface area (Å²) in [5.74, 6) is 1.24. The number of aromatic nitrogens is 2. The Bertz CT molecular complexity index is 825. The largest absolute Gasteiger partial charge is 0.349 e. The number of amides is 1. The van der Waals surface area contributed by atoms with Crippen molar-refractivity contribution in [3.05, 3.63) is 29.5 Å². The van der Waals surface area contributed by atoms with Gasteiger partial charge in [-0.15, -0.1) is 0 Å². The molecule has 128 valence electrons. The molecular weight excluding hydrogens is 305 g/mol. The maximum atomic E-state index is 13.4. The molecule has 2 aromatic rings. The number of nitrogens with zero attached hydrogens (tertiary/aromatic N) is 1. The quantitative estimate of drug-likeness (QED) is 0.823. The van der Waals surface area contributed by atoms with Gasteiger partial charge in [-0.05, 0) is 49.0 Å². The van der Waals surface area contributed by atoms with Gasteiger partial charge in [0, 0.05) is 17.5 Å². The summed E-state index contributed by atoms with van der Waals surface area (Å²) in [6, 6.07) is 3.29. The van der Waals surface area contributed by atoms with Crippen molar-refractivity contribution in [2.45, 2.75) is 46.6 Å². The number of aromatic amines is 1. The van der Waals surface area contributed by atoms with Crippen molar-refractivity contribution in [1.82, 2.24) is 15.3 Å². The summed E-state index contributed by atoms with van der Waals surface area (Å²) in [6.07, 6.45) is 2.34. The van der Waals surface area contributed by atoms with Crippen LogP contribution in [0.2, 0.25) is 0 Å². The molecule has 3 fully saturated rings. The van der Waals surface area contributed by atoms with E-state index in [9.17, 15) is 9.18 Å². The molecular formula is C19H24FN3O. The zero-order chi connectivity index (χ0) is 17.2. The molecule has 2 N–H and O–H groups in total. The molecule has 0 unspecified atom stereocenters. The van der Waals surface area contributed by atoms with E-state index in [2.05, 4.69) is 36.1 Å². The zero-order valence-corrected chi connectivity index (χ0v) is 14.6. The number of H-pyrrole nitrogens is 1. The fourth-order valence-electron chi connectivity index (χ4n) is 4.97. The highest BCUT2D eigenvalue weighted by Crippen LogP contribution is 2.61. The molecule has 2 heterocycles. The second-order valence-electron chi connectivity index (χ2n) is 8.21. The van der Waals surface area contributed by atoms with Crippen LogP contribution < -0.4 is 5.32 Å². The van der Waals surface area contributed by atoms with Crippen LogP contribution in [0.15, 0.2) is 12.1 Å². The van der Waals surface area contributed by atoms with Crippen LogP contribution in [-0.4, -0.2) is 21.9 Å². The summed E-state index contributed by atoms with van der Waals surface area (Å²) in [5, 5.41) is 3.88. The first kappa shape index (κ1) is 15.6. The van der Waals surface area contributed by atoms with E-state index in [1.807, 2.05) is 0 Å². The summed E-state index contributed by atoms with van der Waals surface area (Å²) in [7, 11) is 0. The van der Waals surface area contributed by atoms with Gasteiger partial charge in [0.2, 0.25) is 5.95 Å². The van der Waals surface area contributed by atoms with Crippen LogP contribution in [0.1, 0.15) is 49.8 Å². The summed E-state index contributed by atoms with van der Waals surface area (Å²) in [6.45, 7) is 8.69. The lowest BCUT2D eigenvalue weighted by atomic mass is 9.45. The standard InChI is InChI=1S/C19H24FN3O/c1-9-13-7-12(19(13,3)4)8-14(9)23-18(24)15-5-11-6-16(20)21-10(2)17(11)22-15/h5-6,9,12-14,22H,7-8H2,1-4H3,(H,23,24)/t9-,12+,13-,14-/m0/s1. The Morgan fingerprint density at radius 1 is 1.38 bits per heavy atom. The van der Waals surface area contributed by atoms with Crippen LogP contribution in [0.3, 0.4) is 0 Å². The minimum atomic E-state index is -0.519. The molecule has 0 radical (unpaired) electrons. The highest BCUT2D eigenvalue weighted by Gasteiger charge is 2.56. The van der Waals surface area contributed by atoms with Crippen molar-refractivity contribution in [2.75, 3.05) is 0 Å². The van der Waals surface area contributed by atoms with Crippen LogP contribution in [0.5, 0.6) is 0 Å². The van der Waals surface area contributed by atoms with Gasteiger partial charge in [-0.25, -0.2) is 4.98 Å². The first-order chi connectivity index (χ1) is 11.3. The molecule has 5 heteroatoms. The van der Waals surface area contributed by atoms with Crippen molar-refractivity contribution in [3.8, 4) is 0 Å². The fourth-order valence-corrected chi connectivity index (χ4v) is 4.97. The molecule has 3 aliphatic carbocycles. The molecule has 0 saturated heterocycles. The molecule has 0 aromatic carbocycles. The van der Waals surface area contributed by atoms with E-state index in [1.165, 1.54) is 12.5 Å². The second kappa shape index (κ2) is 5.04. The Labute approximate surface area is 141 Å². The van der Waals surface area contributed by atoms with Crippen molar-refractivity contribution < 1.29 is 9.18 Å². The summed E-state index contributed by atoms with van der Waals surface area (Å²) >= 11 is 0. The Balaban J connectivity index is 1.54. The zero-order valence-electron chi connectivity index (χ0n) is 14.6. The van der Waals surface area contributed by atoms with Crippen LogP contribution >= 0.6 is 0 Å². The Kier molecular flexibility index (Phi) is 3.28. The average Bonchev–Trinajstić information content (AvgIpc) is 2.93. The Hall–Kier alpha value is -1.91. The molecule has 3 saturated carbocycles. The van der Waals surface area contributed by atoms with E-state index in [0.717, 1.165) is 11.9 Å². The maximum absolute atomic E-state index is 13.4. The number of nitrogens with one attached hydrogen (secondary N) is 2. The molecule has 2 aromatic heterocycles.